The Morgan fingerprint density at radius 2 is 2.00 bits per heavy atom. The number of sulfonamides is 1. The molecular weight excluding hydrogens is 340 g/mol. The number of aromatic nitrogens is 1. The van der Waals surface area contributed by atoms with E-state index in [-0.39, 0.29) is 11.3 Å². The highest BCUT2D eigenvalue weighted by molar-refractivity contribution is 7.89. The van der Waals surface area contributed by atoms with Crippen molar-refractivity contribution in [1.29, 1.82) is 0 Å². The van der Waals surface area contributed by atoms with Crippen molar-refractivity contribution in [3.63, 3.8) is 0 Å². The number of hydrogen-bond donors (Lipinski definition) is 0. The smallest absolute Gasteiger partial charge is 0.425 e. The largest absolute Gasteiger partial charge is 0.440 e. The molecule has 0 radical (unpaired) electrons. The van der Waals surface area contributed by atoms with Gasteiger partial charge in [0.25, 0.3) is 10.0 Å². The average molecular weight is 358 g/mol. The van der Waals surface area contributed by atoms with Crippen molar-refractivity contribution >= 4 is 16.1 Å². The van der Waals surface area contributed by atoms with E-state index in [4.69, 9.17) is 4.74 Å². The van der Waals surface area contributed by atoms with Crippen LogP contribution in [-0.4, -0.2) is 29.8 Å². The van der Waals surface area contributed by atoms with E-state index in [0.717, 1.165) is 15.4 Å². The molecule has 2 heterocycles. The van der Waals surface area contributed by atoms with Crippen LogP contribution < -0.4 is 0 Å². The van der Waals surface area contributed by atoms with Crippen LogP contribution in [0.1, 0.15) is 23.7 Å². The van der Waals surface area contributed by atoms with Gasteiger partial charge in [0.05, 0.1) is 10.9 Å². The molecule has 1 aliphatic rings. The maximum Gasteiger partial charge on any atom is 0.425 e. The van der Waals surface area contributed by atoms with Gasteiger partial charge in [0.2, 0.25) is 0 Å². The van der Waals surface area contributed by atoms with Crippen molar-refractivity contribution in [3.8, 4) is 0 Å². The van der Waals surface area contributed by atoms with Crippen LogP contribution >= 0.6 is 0 Å². The number of carbonyl (C=O) groups is 1. The number of amides is 1. The second-order valence-electron chi connectivity index (χ2n) is 5.81. The van der Waals surface area contributed by atoms with E-state index >= 15 is 0 Å². The highest BCUT2D eigenvalue weighted by Gasteiger charge is 2.42. The molecule has 1 aromatic heterocycles. The standard InChI is InChI=1S/C18H18N2O4S/c1-3-15-11-17(14-5-4-10-19-12-14)24-18(21)20(15)25(22,23)16-8-6-13(2)7-9-16/h3-10,12,15,17H,1,11H2,2H3/t15-,17-/m0/s1. The SMILES string of the molecule is C=C[C@H]1C[C@@H](c2cccnc2)OC(=O)N1S(=O)(=O)c1ccc(C)cc1. The molecule has 1 amide bonds. The van der Waals surface area contributed by atoms with Gasteiger partial charge in [-0.3, -0.25) is 4.98 Å². The fraction of sp³-hybridized carbons (Fsp3) is 0.222. The minimum Gasteiger partial charge on any atom is -0.440 e. The number of rotatable bonds is 4. The van der Waals surface area contributed by atoms with Crippen LogP contribution in [0.25, 0.3) is 0 Å². The first-order chi connectivity index (χ1) is 11.9. The molecule has 1 aliphatic heterocycles. The first-order valence-corrected chi connectivity index (χ1v) is 9.21. The van der Waals surface area contributed by atoms with Crippen molar-refractivity contribution in [1.82, 2.24) is 9.29 Å². The second kappa shape index (κ2) is 6.68. The van der Waals surface area contributed by atoms with Crippen LogP contribution in [0.4, 0.5) is 4.79 Å². The molecule has 6 nitrogen and oxygen atoms in total. The molecule has 1 saturated heterocycles. The van der Waals surface area contributed by atoms with Crippen LogP contribution in [0, 0.1) is 6.92 Å². The summed E-state index contributed by atoms with van der Waals surface area (Å²) in [5.74, 6) is 0. The minimum absolute atomic E-state index is 0.0433. The average Bonchev–Trinajstić information content (AvgIpc) is 2.61. The van der Waals surface area contributed by atoms with Gasteiger partial charge in [-0.15, -0.1) is 6.58 Å². The molecule has 2 atom stereocenters. The van der Waals surface area contributed by atoms with Crippen molar-refractivity contribution in [2.24, 2.45) is 0 Å². The van der Waals surface area contributed by atoms with Crippen LogP contribution in [0.5, 0.6) is 0 Å². The molecule has 130 valence electrons. The Bertz CT molecular complexity index is 879. The third-order valence-corrected chi connectivity index (χ3v) is 5.89. The van der Waals surface area contributed by atoms with Gasteiger partial charge in [0.15, 0.2) is 0 Å². The van der Waals surface area contributed by atoms with Crippen LogP contribution in [-0.2, 0) is 14.8 Å². The van der Waals surface area contributed by atoms with Gasteiger partial charge in [-0.2, -0.15) is 4.31 Å². The predicted octanol–water partition coefficient (Wildman–Crippen LogP) is 3.22. The lowest BCUT2D eigenvalue weighted by Gasteiger charge is -2.36. The molecule has 1 fully saturated rings. The molecule has 0 saturated carbocycles. The third kappa shape index (κ3) is 3.28. The quantitative estimate of drug-likeness (QED) is 0.785. The van der Waals surface area contributed by atoms with E-state index in [1.807, 2.05) is 6.92 Å². The molecule has 0 N–H and O–H groups in total. The van der Waals surface area contributed by atoms with Gasteiger partial charge in [-0.05, 0) is 25.1 Å². The summed E-state index contributed by atoms with van der Waals surface area (Å²) in [5, 5.41) is 0. The lowest BCUT2D eigenvalue weighted by atomic mass is 10.0. The first-order valence-electron chi connectivity index (χ1n) is 7.77. The predicted molar refractivity (Wildman–Crippen MR) is 92.3 cm³/mol. The number of pyridine rings is 1. The van der Waals surface area contributed by atoms with Crippen molar-refractivity contribution in [3.05, 3.63) is 72.6 Å². The van der Waals surface area contributed by atoms with E-state index in [1.165, 1.54) is 18.2 Å². The summed E-state index contributed by atoms with van der Waals surface area (Å²) in [5.41, 5.74) is 1.65. The van der Waals surface area contributed by atoms with E-state index in [9.17, 15) is 13.2 Å². The summed E-state index contributed by atoms with van der Waals surface area (Å²) in [7, 11) is -4.02. The summed E-state index contributed by atoms with van der Waals surface area (Å²) < 4.78 is 31.9. The molecule has 0 aliphatic carbocycles. The molecule has 0 bridgehead atoms. The van der Waals surface area contributed by atoms with Gasteiger partial charge in [-0.25, -0.2) is 13.2 Å². The van der Waals surface area contributed by atoms with Gasteiger partial charge in [-0.1, -0.05) is 29.8 Å². The lowest BCUT2D eigenvalue weighted by molar-refractivity contribution is 0.0353. The van der Waals surface area contributed by atoms with Crippen LogP contribution in [0.2, 0.25) is 0 Å². The fourth-order valence-electron chi connectivity index (χ4n) is 2.73. The molecule has 2 aromatic rings. The zero-order valence-corrected chi connectivity index (χ0v) is 14.5. The summed E-state index contributed by atoms with van der Waals surface area (Å²) in [4.78, 5) is 16.5. The molecule has 25 heavy (non-hydrogen) atoms. The molecular formula is C18H18N2O4S. The second-order valence-corrected chi connectivity index (χ2v) is 7.63. The molecule has 0 unspecified atom stereocenters. The summed E-state index contributed by atoms with van der Waals surface area (Å²) in [6.45, 7) is 5.55. The Hall–Kier alpha value is -2.67. The Kier molecular flexibility index (Phi) is 4.59. The lowest BCUT2D eigenvalue weighted by Crippen LogP contribution is -2.48. The third-order valence-electron chi connectivity index (χ3n) is 4.09. The highest BCUT2D eigenvalue weighted by Crippen LogP contribution is 2.34. The van der Waals surface area contributed by atoms with E-state index in [2.05, 4.69) is 11.6 Å². The van der Waals surface area contributed by atoms with E-state index < -0.39 is 28.3 Å². The van der Waals surface area contributed by atoms with Gasteiger partial charge in [0, 0.05) is 24.4 Å². The molecule has 3 rings (SSSR count). The molecule has 7 heteroatoms. The number of hydrogen-bond acceptors (Lipinski definition) is 5. The maximum atomic E-state index is 12.9. The highest BCUT2D eigenvalue weighted by atomic mass is 32.2. The monoisotopic (exact) mass is 358 g/mol. The number of ether oxygens (including phenoxy) is 1. The number of cyclic esters (lactones) is 1. The van der Waals surface area contributed by atoms with Crippen molar-refractivity contribution in [2.75, 3.05) is 0 Å². The summed E-state index contributed by atoms with van der Waals surface area (Å²) in [6.07, 6.45) is 3.48. The Labute approximate surface area is 146 Å². The zero-order chi connectivity index (χ0) is 18.0. The maximum absolute atomic E-state index is 12.9. The van der Waals surface area contributed by atoms with Crippen LogP contribution in [0.3, 0.4) is 0 Å². The summed E-state index contributed by atoms with van der Waals surface area (Å²) in [6, 6.07) is 9.15. The summed E-state index contributed by atoms with van der Waals surface area (Å²) >= 11 is 0. The molecule has 0 spiro atoms. The fourth-order valence-corrected chi connectivity index (χ4v) is 4.21. The van der Waals surface area contributed by atoms with E-state index in [1.54, 1.807) is 36.7 Å². The van der Waals surface area contributed by atoms with Gasteiger partial charge in [0.1, 0.15) is 6.10 Å². The molecule has 1 aromatic carbocycles. The Morgan fingerprint density at radius 3 is 2.60 bits per heavy atom. The number of carbonyl (C=O) groups excluding carboxylic acids is 1. The van der Waals surface area contributed by atoms with Crippen molar-refractivity contribution in [2.45, 2.75) is 30.4 Å². The van der Waals surface area contributed by atoms with Crippen molar-refractivity contribution < 1.29 is 17.9 Å². The number of nitrogens with zero attached hydrogens (tertiary/aromatic N) is 2. The Balaban J connectivity index is 1.93. The number of benzene rings is 1. The Morgan fingerprint density at radius 1 is 1.28 bits per heavy atom. The topological polar surface area (TPSA) is 76.6 Å². The number of aryl methyl sites for hydroxylation is 1. The minimum atomic E-state index is -4.02. The van der Waals surface area contributed by atoms with Gasteiger partial charge >= 0.3 is 6.09 Å². The zero-order valence-electron chi connectivity index (χ0n) is 13.7. The van der Waals surface area contributed by atoms with Crippen LogP contribution in [0.15, 0.2) is 66.3 Å². The first kappa shape index (κ1) is 17.2. The van der Waals surface area contributed by atoms with E-state index in [0.29, 0.717) is 0 Å². The van der Waals surface area contributed by atoms with Gasteiger partial charge < -0.3 is 4.74 Å². The normalized spacial score (nSPS) is 20.8.